The van der Waals surface area contributed by atoms with Crippen LogP contribution in [0.1, 0.15) is 11.1 Å². The molecule has 0 aromatic heterocycles. The highest BCUT2D eigenvalue weighted by molar-refractivity contribution is 5.74. The maximum absolute atomic E-state index is 13.2. The molecular formula is C15H17FN2O. The number of nitrogens with one attached hydrogen (secondary N) is 1. The van der Waals surface area contributed by atoms with Crippen LogP contribution in [0.5, 0.6) is 5.75 Å². The second-order valence-corrected chi connectivity index (χ2v) is 4.49. The Hall–Kier alpha value is -2.23. The molecule has 0 fully saturated rings. The first kappa shape index (κ1) is 13.2. The summed E-state index contributed by atoms with van der Waals surface area (Å²) in [5.41, 5.74) is 9.79. The maximum Gasteiger partial charge on any atom is 0.125 e. The van der Waals surface area contributed by atoms with Crippen LogP contribution in [-0.4, -0.2) is 7.11 Å². The molecule has 0 saturated carbocycles. The molecule has 0 bridgehead atoms. The van der Waals surface area contributed by atoms with Gasteiger partial charge in [0.05, 0.1) is 18.5 Å². The number of methoxy groups -OCH3 is 1. The lowest BCUT2D eigenvalue weighted by atomic mass is 10.1. The highest BCUT2D eigenvalue weighted by Gasteiger charge is 2.07. The molecule has 0 aliphatic carbocycles. The van der Waals surface area contributed by atoms with Gasteiger partial charge in [0.2, 0.25) is 0 Å². The summed E-state index contributed by atoms with van der Waals surface area (Å²) in [5, 5.41) is 3.15. The van der Waals surface area contributed by atoms with Crippen molar-refractivity contribution in [3.63, 3.8) is 0 Å². The number of hydrogen-bond donors (Lipinski definition) is 2. The average molecular weight is 260 g/mol. The molecule has 2 aromatic rings. The molecule has 0 unspecified atom stereocenters. The lowest BCUT2D eigenvalue weighted by Crippen LogP contribution is -2.00. The fourth-order valence-electron chi connectivity index (χ4n) is 1.93. The Labute approximate surface area is 112 Å². The van der Waals surface area contributed by atoms with Crippen LogP contribution in [0.4, 0.5) is 21.5 Å². The van der Waals surface area contributed by atoms with Crippen LogP contribution in [0.15, 0.2) is 30.3 Å². The highest BCUT2D eigenvalue weighted by atomic mass is 19.1. The van der Waals surface area contributed by atoms with Gasteiger partial charge in [-0.3, -0.25) is 0 Å². The molecule has 4 heteroatoms. The topological polar surface area (TPSA) is 47.3 Å². The minimum absolute atomic E-state index is 0.320. The molecule has 0 radical (unpaired) electrons. The van der Waals surface area contributed by atoms with Crippen molar-refractivity contribution >= 4 is 17.1 Å². The summed E-state index contributed by atoms with van der Waals surface area (Å²) in [7, 11) is 1.64. The summed E-state index contributed by atoms with van der Waals surface area (Å²) < 4.78 is 18.5. The van der Waals surface area contributed by atoms with E-state index in [1.54, 1.807) is 13.2 Å². The summed E-state index contributed by atoms with van der Waals surface area (Å²) in [4.78, 5) is 0. The van der Waals surface area contributed by atoms with Gasteiger partial charge in [0, 0.05) is 5.69 Å². The van der Waals surface area contributed by atoms with E-state index in [9.17, 15) is 4.39 Å². The molecule has 3 N–H and O–H groups in total. The van der Waals surface area contributed by atoms with Gasteiger partial charge in [0.25, 0.3) is 0 Å². The first-order valence-corrected chi connectivity index (χ1v) is 5.98. The Bertz CT molecular complexity index is 611. The number of ether oxygens (including phenoxy) is 1. The number of nitrogens with two attached hydrogens (primary N) is 1. The molecule has 100 valence electrons. The van der Waals surface area contributed by atoms with E-state index in [4.69, 9.17) is 10.5 Å². The molecule has 0 spiro atoms. The van der Waals surface area contributed by atoms with Gasteiger partial charge < -0.3 is 15.8 Å². The Morgan fingerprint density at radius 2 is 1.79 bits per heavy atom. The molecule has 19 heavy (non-hydrogen) atoms. The SMILES string of the molecule is COc1cc(C)c(Nc2cc(F)ccc2N)cc1C. The van der Waals surface area contributed by atoms with Crippen molar-refractivity contribution in [2.45, 2.75) is 13.8 Å². The van der Waals surface area contributed by atoms with Crippen LogP contribution in [0.2, 0.25) is 0 Å². The van der Waals surface area contributed by atoms with Gasteiger partial charge >= 0.3 is 0 Å². The lowest BCUT2D eigenvalue weighted by molar-refractivity contribution is 0.411. The first-order chi connectivity index (χ1) is 9.01. The minimum Gasteiger partial charge on any atom is -0.496 e. The maximum atomic E-state index is 13.2. The van der Waals surface area contributed by atoms with Gasteiger partial charge in [-0.05, 0) is 55.3 Å². The average Bonchev–Trinajstić information content (AvgIpc) is 2.37. The van der Waals surface area contributed by atoms with Crippen LogP contribution in [-0.2, 0) is 0 Å². The summed E-state index contributed by atoms with van der Waals surface area (Å²) in [6.45, 7) is 3.91. The number of halogens is 1. The molecule has 3 nitrogen and oxygen atoms in total. The van der Waals surface area contributed by atoms with Gasteiger partial charge in [-0.2, -0.15) is 0 Å². The first-order valence-electron chi connectivity index (χ1n) is 5.98. The Balaban J connectivity index is 2.38. The Morgan fingerprint density at radius 1 is 1.05 bits per heavy atom. The van der Waals surface area contributed by atoms with Gasteiger partial charge in [0.1, 0.15) is 11.6 Å². The van der Waals surface area contributed by atoms with Crippen molar-refractivity contribution in [3.05, 3.63) is 47.3 Å². The highest BCUT2D eigenvalue weighted by Crippen LogP contribution is 2.30. The third-order valence-electron chi connectivity index (χ3n) is 3.03. The van der Waals surface area contributed by atoms with Crippen molar-refractivity contribution in [3.8, 4) is 5.75 Å². The van der Waals surface area contributed by atoms with Gasteiger partial charge in [0.15, 0.2) is 0 Å². The predicted molar refractivity (Wildman–Crippen MR) is 76.6 cm³/mol. The second-order valence-electron chi connectivity index (χ2n) is 4.49. The van der Waals surface area contributed by atoms with Crippen LogP contribution in [0.3, 0.4) is 0 Å². The summed E-state index contributed by atoms with van der Waals surface area (Å²) >= 11 is 0. The molecule has 0 saturated heterocycles. The standard InChI is InChI=1S/C15H17FN2O/c1-9-7-15(19-3)10(2)6-13(9)18-14-8-11(16)4-5-12(14)17/h4-8,18H,17H2,1-3H3. The van der Waals surface area contributed by atoms with Crippen LogP contribution in [0, 0.1) is 19.7 Å². The zero-order valence-electron chi connectivity index (χ0n) is 11.3. The summed E-state index contributed by atoms with van der Waals surface area (Å²) in [6, 6.07) is 8.16. The molecule has 0 amide bonds. The fraction of sp³-hybridized carbons (Fsp3) is 0.200. The van der Waals surface area contributed by atoms with Crippen molar-refractivity contribution in [1.82, 2.24) is 0 Å². The molecule has 0 aliphatic heterocycles. The molecule has 0 atom stereocenters. The minimum atomic E-state index is -0.320. The Kier molecular flexibility index (Phi) is 3.60. The van der Waals surface area contributed by atoms with Crippen LogP contribution < -0.4 is 15.8 Å². The van der Waals surface area contributed by atoms with E-state index in [2.05, 4.69) is 5.32 Å². The number of aryl methyl sites for hydroxylation is 2. The normalized spacial score (nSPS) is 10.3. The largest absolute Gasteiger partial charge is 0.496 e. The number of nitrogen functional groups attached to an aromatic ring is 1. The van der Waals surface area contributed by atoms with Crippen molar-refractivity contribution in [2.75, 3.05) is 18.2 Å². The molecule has 2 rings (SSSR count). The third-order valence-corrected chi connectivity index (χ3v) is 3.03. The predicted octanol–water partition coefficient (Wildman–Crippen LogP) is 3.78. The van der Waals surface area contributed by atoms with Gasteiger partial charge in [-0.15, -0.1) is 0 Å². The van der Waals surface area contributed by atoms with Crippen molar-refractivity contribution < 1.29 is 9.13 Å². The van der Waals surface area contributed by atoms with E-state index in [0.29, 0.717) is 11.4 Å². The van der Waals surface area contributed by atoms with Gasteiger partial charge in [-0.1, -0.05) is 0 Å². The molecule has 0 heterocycles. The van der Waals surface area contributed by atoms with E-state index < -0.39 is 0 Å². The van der Waals surface area contributed by atoms with Crippen molar-refractivity contribution in [1.29, 1.82) is 0 Å². The number of anilines is 3. The quantitative estimate of drug-likeness (QED) is 0.826. The summed E-state index contributed by atoms with van der Waals surface area (Å²) in [6.07, 6.45) is 0. The van der Waals surface area contributed by atoms with Crippen LogP contribution >= 0.6 is 0 Å². The summed E-state index contributed by atoms with van der Waals surface area (Å²) in [5.74, 6) is 0.509. The third kappa shape index (κ3) is 2.78. The number of hydrogen-bond acceptors (Lipinski definition) is 3. The molecular weight excluding hydrogens is 243 g/mol. The van der Waals surface area contributed by atoms with E-state index in [-0.39, 0.29) is 5.82 Å². The zero-order valence-corrected chi connectivity index (χ0v) is 11.3. The lowest BCUT2D eigenvalue weighted by Gasteiger charge is -2.14. The Morgan fingerprint density at radius 3 is 2.47 bits per heavy atom. The number of rotatable bonds is 3. The molecule has 2 aromatic carbocycles. The monoisotopic (exact) mass is 260 g/mol. The smallest absolute Gasteiger partial charge is 0.125 e. The van der Waals surface area contributed by atoms with E-state index in [1.807, 2.05) is 26.0 Å². The molecule has 0 aliphatic rings. The van der Waals surface area contributed by atoms with Crippen molar-refractivity contribution in [2.24, 2.45) is 0 Å². The van der Waals surface area contributed by atoms with Gasteiger partial charge in [-0.25, -0.2) is 4.39 Å². The number of benzene rings is 2. The van der Waals surface area contributed by atoms with E-state index >= 15 is 0 Å². The zero-order chi connectivity index (χ0) is 14.0. The fourth-order valence-corrected chi connectivity index (χ4v) is 1.93. The van der Waals surface area contributed by atoms with E-state index in [0.717, 1.165) is 22.6 Å². The van der Waals surface area contributed by atoms with E-state index in [1.165, 1.54) is 12.1 Å². The second kappa shape index (κ2) is 5.18. The van der Waals surface area contributed by atoms with Crippen LogP contribution in [0.25, 0.3) is 0 Å².